The van der Waals surface area contributed by atoms with Gasteiger partial charge in [0, 0.05) is 13.1 Å². The molecule has 3 rings (SSSR count). The zero-order chi connectivity index (χ0) is 19.2. The highest BCUT2D eigenvalue weighted by Crippen LogP contribution is 2.22. The molecule has 2 aromatic carbocycles. The second-order valence-electron chi connectivity index (χ2n) is 6.67. The predicted octanol–water partition coefficient (Wildman–Crippen LogP) is 2.67. The van der Waals surface area contributed by atoms with Crippen LogP contribution in [0.2, 0.25) is 0 Å². The van der Waals surface area contributed by atoms with Crippen LogP contribution in [-0.2, 0) is 17.9 Å². The highest BCUT2D eigenvalue weighted by molar-refractivity contribution is 5.91. The molecule has 1 amide bonds. The van der Waals surface area contributed by atoms with Gasteiger partial charge >= 0.3 is 5.97 Å². The molecule has 6 nitrogen and oxygen atoms in total. The number of methoxy groups -OCH3 is 1. The van der Waals surface area contributed by atoms with Gasteiger partial charge in [0.1, 0.15) is 11.3 Å². The van der Waals surface area contributed by atoms with Gasteiger partial charge < -0.3 is 15.2 Å². The Labute approximate surface area is 158 Å². The highest BCUT2D eigenvalue weighted by atomic mass is 16.5. The number of carboxylic acids is 1. The van der Waals surface area contributed by atoms with Crippen molar-refractivity contribution < 1.29 is 19.4 Å². The summed E-state index contributed by atoms with van der Waals surface area (Å²) in [6.45, 7) is 1.95. The molecule has 6 heteroatoms. The molecule has 27 heavy (non-hydrogen) atoms. The Morgan fingerprint density at radius 1 is 1.19 bits per heavy atom. The third-order valence-electron chi connectivity index (χ3n) is 4.86. The quantitative estimate of drug-likeness (QED) is 0.786. The van der Waals surface area contributed by atoms with Crippen molar-refractivity contribution in [3.63, 3.8) is 0 Å². The van der Waals surface area contributed by atoms with Gasteiger partial charge in [-0.2, -0.15) is 0 Å². The number of likely N-dealkylation sites (tertiary alicyclic amines) is 1. The van der Waals surface area contributed by atoms with Gasteiger partial charge in [-0.05, 0) is 42.6 Å². The van der Waals surface area contributed by atoms with Gasteiger partial charge in [-0.25, -0.2) is 4.79 Å². The molecule has 2 aromatic rings. The highest BCUT2D eigenvalue weighted by Gasteiger charge is 2.30. The van der Waals surface area contributed by atoms with Gasteiger partial charge in [0.2, 0.25) is 5.91 Å². The molecule has 0 saturated carbocycles. The average Bonchev–Trinajstić information content (AvgIpc) is 3.14. The number of hydrogen-bond donors (Lipinski definition) is 2. The van der Waals surface area contributed by atoms with Crippen LogP contribution in [0.5, 0.6) is 5.75 Å². The molecule has 1 heterocycles. The third kappa shape index (κ3) is 4.65. The Bertz CT molecular complexity index is 807. The van der Waals surface area contributed by atoms with Crippen molar-refractivity contribution in [2.45, 2.75) is 32.0 Å². The molecule has 1 saturated heterocycles. The molecule has 0 bridgehead atoms. The van der Waals surface area contributed by atoms with Gasteiger partial charge in [-0.1, -0.05) is 36.4 Å². The van der Waals surface area contributed by atoms with Crippen LogP contribution < -0.4 is 10.1 Å². The van der Waals surface area contributed by atoms with Crippen molar-refractivity contribution in [2.75, 3.05) is 13.7 Å². The van der Waals surface area contributed by atoms with E-state index in [1.54, 1.807) is 12.1 Å². The maximum atomic E-state index is 12.7. The lowest BCUT2D eigenvalue weighted by molar-refractivity contribution is -0.125. The normalized spacial score (nSPS) is 16.9. The van der Waals surface area contributed by atoms with Gasteiger partial charge in [-0.15, -0.1) is 0 Å². The van der Waals surface area contributed by atoms with Crippen molar-refractivity contribution in [1.82, 2.24) is 10.2 Å². The maximum Gasteiger partial charge on any atom is 0.339 e. The lowest BCUT2D eigenvalue weighted by Gasteiger charge is -2.23. The molecular weight excluding hydrogens is 344 g/mol. The molecular formula is C21H24N2O4. The summed E-state index contributed by atoms with van der Waals surface area (Å²) < 4.78 is 5.06. The number of carbonyl (C=O) groups excluding carboxylic acids is 1. The van der Waals surface area contributed by atoms with E-state index in [1.807, 2.05) is 18.2 Å². The van der Waals surface area contributed by atoms with E-state index in [0.717, 1.165) is 31.5 Å². The number of ether oxygens (including phenoxy) is 1. The van der Waals surface area contributed by atoms with E-state index in [1.165, 1.54) is 18.7 Å². The molecule has 1 aliphatic heterocycles. The molecule has 1 atom stereocenters. The molecule has 142 valence electrons. The zero-order valence-corrected chi connectivity index (χ0v) is 15.4. The molecule has 0 unspecified atom stereocenters. The summed E-state index contributed by atoms with van der Waals surface area (Å²) in [6, 6.07) is 14.9. The van der Waals surface area contributed by atoms with Gasteiger partial charge in [-0.3, -0.25) is 9.69 Å². The smallest absolute Gasteiger partial charge is 0.339 e. The molecule has 0 spiro atoms. The lowest BCUT2D eigenvalue weighted by atomic mass is 10.1. The minimum atomic E-state index is -1.05. The van der Waals surface area contributed by atoms with Gasteiger partial charge in [0.15, 0.2) is 0 Å². The summed E-state index contributed by atoms with van der Waals surface area (Å²) in [5.41, 5.74) is 2.02. The van der Waals surface area contributed by atoms with Gasteiger partial charge in [0.25, 0.3) is 0 Å². The van der Waals surface area contributed by atoms with Crippen LogP contribution in [0.15, 0.2) is 48.5 Å². The molecule has 2 N–H and O–H groups in total. The van der Waals surface area contributed by atoms with Crippen LogP contribution in [-0.4, -0.2) is 41.6 Å². The number of benzene rings is 2. The Kier molecular flexibility index (Phi) is 6.08. The van der Waals surface area contributed by atoms with Crippen LogP contribution in [0.1, 0.15) is 34.3 Å². The number of nitrogens with one attached hydrogen (secondary N) is 1. The van der Waals surface area contributed by atoms with Crippen LogP contribution in [0.25, 0.3) is 0 Å². The number of nitrogens with zero attached hydrogens (tertiary/aromatic N) is 1. The summed E-state index contributed by atoms with van der Waals surface area (Å²) in [6.07, 6.45) is 1.83. The number of aromatic carboxylic acids is 1. The van der Waals surface area contributed by atoms with E-state index >= 15 is 0 Å². The Morgan fingerprint density at radius 3 is 2.67 bits per heavy atom. The fraction of sp³-hybridized carbons (Fsp3) is 0.333. The number of rotatable bonds is 7. The van der Waals surface area contributed by atoms with Crippen LogP contribution in [0.3, 0.4) is 0 Å². The first-order chi connectivity index (χ1) is 13.1. The van der Waals surface area contributed by atoms with E-state index in [2.05, 4.69) is 22.3 Å². The van der Waals surface area contributed by atoms with Crippen molar-refractivity contribution in [3.05, 3.63) is 65.2 Å². The number of carboxylic acid groups (broad SMARTS) is 1. The fourth-order valence-electron chi connectivity index (χ4n) is 3.47. The monoisotopic (exact) mass is 368 g/mol. The minimum Gasteiger partial charge on any atom is -0.496 e. The minimum absolute atomic E-state index is 0.0175. The Hall–Kier alpha value is -2.86. The summed E-state index contributed by atoms with van der Waals surface area (Å²) in [7, 11) is 1.44. The summed E-state index contributed by atoms with van der Waals surface area (Å²) >= 11 is 0. The summed E-state index contributed by atoms with van der Waals surface area (Å²) in [5, 5.41) is 12.2. The lowest BCUT2D eigenvalue weighted by Crippen LogP contribution is -2.42. The second kappa shape index (κ2) is 8.68. The standard InChI is InChI=1S/C21H24N2O4/c1-27-19-10-9-16(12-17(19)21(25)26)13-22-20(24)18-8-5-11-23(18)14-15-6-3-2-4-7-15/h2-4,6-7,9-10,12,18H,5,8,11,13-14H2,1H3,(H,22,24)(H,25,26)/t18-/m1/s1. The summed E-state index contributed by atoms with van der Waals surface area (Å²) in [4.78, 5) is 26.2. The van der Waals surface area contributed by atoms with E-state index in [4.69, 9.17) is 4.74 Å². The third-order valence-corrected chi connectivity index (χ3v) is 4.86. The zero-order valence-electron chi connectivity index (χ0n) is 15.4. The number of hydrogen-bond acceptors (Lipinski definition) is 4. The van der Waals surface area contributed by atoms with E-state index in [9.17, 15) is 14.7 Å². The summed E-state index contributed by atoms with van der Waals surface area (Å²) in [5.74, 6) is -0.761. The predicted molar refractivity (Wildman–Crippen MR) is 102 cm³/mol. The first-order valence-corrected chi connectivity index (χ1v) is 9.04. The van der Waals surface area contributed by atoms with E-state index in [0.29, 0.717) is 12.3 Å². The van der Waals surface area contributed by atoms with Crippen LogP contribution in [0, 0.1) is 0 Å². The second-order valence-corrected chi connectivity index (χ2v) is 6.67. The Morgan fingerprint density at radius 2 is 1.96 bits per heavy atom. The number of carbonyl (C=O) groups is 2. The average molecular weight is 368 g/mol. The SMILES string of the molecule is COc1ccc(CNC(=O)[C@H]2CCCN2Cc2ccccc2)cc1C(=O)O. The Balaban J connectivity index is 1.61. The molecule has 0 aliphatic carbocycles. The molecule has 1 fully saturated rings. The van der Waals surface area contributed by atoms with Crippen molar-refractivity contribution in [1.29, 1.82) is 0 Å². The molecule has 1 aliphatic rings. The van der Waals surface area contributed by atoms with Crippen molar-refractivity contribution >= 4 is 11.9 Å². The maximum absolute atomic E-state index is 12.7. The van der Waals surface area contributed by atoms with Crippen LogP contribution >= 0.6 is 0 Å². The number of amides is 1. The van der Waals surface area contributed by atoms with E-state index < -0.39 is 5.97 Å². The van der Waals surface area contributed by atoms with Crippen molar-refractivity contribution in [3.8, 4) is 5.75 Å². The fourth-order valence-corrected chi connectivity index (χ4v) is 3.47. The van der Waals surface area contributed by atoms with Crippen molar-refractivity contribution in [2.24, 2.45) is 0 Å². The van der Waals surface area contributed by atoms with E-state index in [-0.39, 0.29) is 17.5 Å². The molecule has 0 radical (unpaired) electrons. The largest absolute Gasteiger partial charge is 0.496 e. The van der Waals surface area contributed by atoms with Gasteiger partial charge in [0.05, 0.1) is 13.2 Å². The first kappa shape index (κ1) is 18.9. The molecule has 0 aromatic heterocycles. The first-order valence-electron chi connectivity index (χ1n) is 9.04. The van der Waals surface area contributed by atoms with Crippen LogP contribution in [0.4, 0.5) is 0 Å². The topological polar surface area (TPSA) is 78.9 Å².